The average molecular weight is 477 g/mol. The Balaban J connectivity index is 1.68. The van der Waals surface area contributed by atoms with Crippen molar-refractivity contribution < 1.29 is 32.4 Å². The van der Waals surface area contributed by atoms with Gasteiger partial charge in [0.1, 0.15) is 11.9 Å². The van der Waals surface area contributed by atoms with Crippen LogP contribution in [0.2, 0.25) is 0 Å². The van der Waals surface area contributed by atoms with E-state index in [-0.39, 0.29) is 18.0 Å². The number of non-ortho nitro benzene ring substituents is 1. The highest BCUT2D eigenvalue weighted by atomic mass is 19.4. The van der Waals surface area contributed by atoms with Crippen LogP contribution in [-0.4, -0.2) is 27.0 Å². The predicted molar refractivity (Wildman–Crippen MR) is 116 cm³/mol. The van der Waals surface area contributed by atoms with E-state index in [1.165, 1.54) is 47.3 Å². The maximum atomic E-state index is 12.8. The molecule has 0 spiro atoms. The first-order valence-electron chi connectivity index (χ1n) is 10.2. The highest BCUT2D eigenvalue weighted by Crippen LogP contribution is 2.31. The fraction of sp³-hybridized carbons (Fsp3) is 0.304. The number of alkyl halides is 3. The maximum Gasteiger partial charge on any atom is 0.514 e. The first-order valence-corrected chi connectivity index (χ1v) is 10.2. The van der Waals surface area contributed by atoms with Gasteiger partial charge in [-0.15, -0.1) is 0 Å². The molecule has 0 saturated carbocycles. The molecule has 0 aliphatic carbocycles. The minimum Gasteiger partial charge on any atom is -0.428 e. The first kappa shape index (κ1) is 24.7. The second-order valence-electron chi connectivity index (χ2n) is 8.60. The van der Waals surface area contributed by atoms with E-state index in [9.17, 15) is 28.1 Å². The van der Waals surface area contributed by atoms with Crippen molar-refractivity contribution in [3.63, 3.8) is 0 Å². The lowest BCUT2D eigenvalue weighted by Gasteiger charge is -2.29. The topological polar surface area (TPSA) is 96.5 Å². The third-order valence-electron chi connectivity index (χ3n) is 4.98. The molecule has 0 radical (unpaired) electrons. The van der Waals surface area contributed by atoms with Crippen LogP contribution in [0, 0.1) is 15.5 Å². The molecule has 1 heterocycles. The SMILES string of the molecule is CC(C)(C)C(Cn1cc(-c2ccc(C(F)(F)F)cc2)cn1)OC(=O)Oc1ccc([N+](=O)[O-])cc1. The Labute approximate surface area is 193 Å². The Morgan fingerprint density at radius 1 is 1.06 bits per heavy atom. The second-order valence-corrected chi connectivity index (χ2v) is 8.60. The summed E-state index contributed by atoms with van der Waals surface area (Å²) < 4.78 is 50.5. The highest BCUT2D eigenvalue weighted by Gasteiger charge is 2.31. The molecule has 34 heavy (non-hydrogen) atoms. The van der Waals surface area contributed by atoms with E-state index >= 15 is 0 Å². The number of hydrogen-bond acceptors (Lipinski definition) is 6. The Morgan fingerprint density at radius 3 is 2.21 bits per heavy atom. The Bertz CT molecular complexity index is 1150. The molecular weight excluding hydrogens is 455 g/mol. The summed E-state index contributed by atoms with van der Waals surface area (Å²) in [6, 6.07) is 9.72. The van der Waals surface area contributed by atoms with Gasteiger partial charge in [-0.25, -0.2) is 4.79 Å². The minimum atomic E-state index is -4.41. The van der Waals surface area contributed by atoms with Crippen LogP contribution < -0.4 is 4.74 Å². The van der Waals surface area contributed by atoms with Gasteiger partial charge in [-0.1, -0.05) is 32.9 Å². The maximum absolute atomic E-state index is 12.8. The van der Waals surface area contributed by atoms with Crippen LogP contribution in [-0.2, 0) is 17.5 Å². The Morgan fingerprint density at radius 2 is 1.68 bits per heavy atom. The molecule has 0 amide bonds. The quantitative estimate of drug-likeness (QED) is 0.184. The van der Waals surface area contributed by atoms with Gasteiger partial charge >= 0.3 is 12.3 Å². The van der Waals surface area contributed by atoms with Crippen LogP contribution in [0.5, 0.6) is 5.75 Å². The van der Waals surface area contributed by atoms with Crippen molar-refractivity contribution in [2.75, 3.05) is 0 Å². The van der Waals surface area contributed by atoms with Crippen LogP contribution in [0.25, 0.3) is 11.1 Å². The molecule has 0 aliphatic rings. The van der Waals surface area contributed by atoms with E-state index < -0.39 is 34.3 Å². The number of halogens is 3. The van der Waals surface area contributed by atoms with Gasteiger partial charge in [0.25, 0.3) is 5.69 Å². The number of nitro groups is 1. The Hall–Kier alpha value is -3.89. The van der Waals surface area contributed by atoms with Gasteiger partial charge in [0.05, 0.1) is 23.2 Å². The highest BCUT2D eigenvalue weighted by molar-refractivity contribution is 5.64. The van der Waals surface area contributed by atoms with Crippen molar-refractivity contribution in [3.8, 4) is 16.9 Å². The fourth-order valence-electron chi connectivity index (χ4n) is 2.99. The molecule has 1 unspecified atom stereocenters. The zero-order valence-corrected chi connectivity index (χ0v) is 18.6. The number of nitro benzene ring substituents is 1. The number of aromatic nitrogens is 2. The molecular formula is C23H22F3N3O5. The van der Waals surface area contributed by atoms with Gasteiger partial charge in [-0.3, -0.25) is 14.8 Å². The molecule has 1 aromatic heterocycles. The second kappa shape index (κ2) is 9.54. The zero-order chi connectivity index (χ0) is 25.1. The molecule has 3 rings (SSSR count). The number of nitrogens with zero attached hydrogens (tertiary/aromatic N) is 3. The summed E-state index contributed by atoms with van der Waals surface area (Å²) >= 11 is 0. The average Bonchev–Trinajstić information content (AvgIpc) is 3.21. The van der Waals surface area contributed by atoms with Crippen LogP contribution >= 0.6 is 0 Å². The smallest absolute Gasteiger partial charge is 0.428 e. The minimum absolute atomic E-state index is 0.0898. The van der Waals surface area contributed by atoms with Crippen LogP contribution in [0.4, 0.5) is 23.7 Å². The van der Waals surface area contributed by atoms with Crippen molar-refractivity contribution in [2.24, 2.45) is 5.41 Å². The van der Waals surface area contributed by atoms with Crippen molar-refractivity contribution >= 4 is 11.8 Å². The molecule has 2 aromatic carbocycles. The molecule has 0 aliphatic heterocycles. The standard InChI is InChI=1S/C23H22F3N3O5/c1-22(2,3)20(34-21(30)33-19-10-8-18(9-11-19)29(31)32)14-28-13-16(12-27-28)15-4-6-17(7-5-15)23(24,25)26/h4-13,20H,14H2,1-3H3. The normalized spacial score (nSPS) is 12.8. The van der Waals surface area contributed by atoms with Crippen LogP contribution in [0.15, 0.2) is 60.9 Å². The lowest BCUT2D eigenvalue weighted by Crippen LogP contribution is -2.36. The third kappa shape index (κ3) is 6.33. The van der Waals surface area contributed by atoms with Gasteiger partial charge in [0, 0.05) is 29.3 Å². The number of hydrogen-bond donors (Lipinski definition) is 0. The first-order chi connectivity index (χ1) is 15.8. The zero-order valence-electron chi connectivity index (χ0n) is 18.6. The monoisotopic (exact) mass is 477 g/mol. The van der Waals surface area contributed by atoms with Crippen molar-refractivity contribution in [3.05, 3.63) is 76.6 Å². The molecule has 3 aromatic rings. The fourth-order valence-corrected chi connectivity index (χ4v) is 2.99. The van der Waals surface area contributed by atoms with Crippen molar-refractivity contribution in [2.45, 2.75) is 39.6 Å². The summed E-state index contributed by atoms with van der Waals surface area (Å²) in [6.45, 7) is 5.74. The number of carbonyl (C=O) groups is 1. The molecule has 180 valence electrons. The van der Waals surface area contributed by atoms with E-state index in [4.69, 9.17) is 9.47 Å². The summed E-state index contributed by atoms with van der Waals surface area (Å²) in [4.78, 5) is 22.5. The van der Waals surface area contributed by atoms with Gasteiger partial charge in [0.2, 0.25) is 0 Å². The van der Waals surface area contributed by atoms with Crippen LogP contribution in [0.3, 0.4) is 0 Å². The van der Waals surface area contributed by atoms with E-state index in [1.807, 2.05) is 20.8 Å². The number of rotatable bonds is 6. The van der Waals surface area contributed by atoms with E-state index in [0.29, 0.717) is 11.1 Å². The molecule has 0 bridgehead atoms. The molecule has 0 saturated heterocycles. The lowest BCUT2D eigenvalue weighted by molar-refractivity contribution is -0.384. The summed E-state index contributed by atoms with van der Waals surface area (Å²) in [5.74, 6) is 0.0898. The lowest BCUT2D eigenvalue weighted by atomic mass is 9.89. The predicted octanol–water partition coefficient (Wildman–Crippen LogP) is 6.11. The summed E-state index contributed by atoms with van der Waals surface area (Å²) in [6.07, 6.45) is -2.91. The van der Waals surface area contributed by atoms with E-state index in [2.05, 4.69) is 5.10 Å². The van der Waals surface area contributed by atoms with E-state index in [0.717, 1.165) is 12.1 Å². The molecule has 0 N–H and O–H groups in total. The van der Waals surface area contributed by atoms with Gasteiger partial charge < -0.3 is 9.47 Å². The summed E-state index contributed by atoms with van der Waals surface area (Å²) in [5, 5.41) is 15.0. The summed E-state index contributed by atoms with van der Waals surface area (Å²) in [7, 11) is 0. The number of benzene rings is 2. The number of ether oxygens (including phenoxy) is 2. The van der Waals surface area contributed by atoms with E-state index in [1.54, 1.807) is 6.20 Å². The summed E-state index contributed by atoms with van der Waals surface area (Å²) in [5.41, 5.74) is -0.221. The van der Waals surface area contributed by atoms with Crippen LogP contribution in [0.1, 0.15) is 26.3 Å². The molecule has 11 heteroatoms. The molecule has 0 fully saturated rings. The largest absolute Gasteiger partial charge is 0.514 e. The van der Waals surface area contributed by atoms with Gasteiger partial charge in [-0.2, -0.15) is 18.3 Å². The Kier molecular flexibility index (Phi) is 6.94. The third-order valence-corrected chi connectivity index (χ3v) is 4.98. The molecule has 8 nitrogen and oxygen atoms in total. The van der Waals surface area contributed by atoms with Crippen molar-refractivity contribution in [1.29, 1.82) is 0 Å². The number of carbonyl (C=O) groups excluding carboxylic acids is 1. The molecule has 1 atom stereocenters. The van der Waals surface area contributed by atoms with Crippen molar-refractivity contribution in [1.82, 2.24) is 9.78 Å². The van der Waals surface area contributed by atoms with Gasteiger partial charge in [-0.05, 0) is 29.8 Å². The van der Waals surface area contributed by atoms with Gasteiger partial charge in [0.15, 0.2) is 0 Å².